The van der Waals surface area contributed by atoms with E-state index in [0.29, 0.717) is 24.2 Å². The van der Waals surface area contributed by atoms with Crippen molar-refractivity contribution in [3.63, 3.8) is 0 Å². The van der Waals surface area contributed by atoms with Crippen molar-refractivity contribution in [2.75, 3.05) is 18.0 Å². The van der Waals surface area contributed by atoms with Crippen molar-refractivity contribution >= 4 is 11.7 Å². The van der Waals surface area contributed by atoms with E-state index in [-0.39, 0.29) is 5.91 Å². The number of amides is 1. The minimum Gasteiger partial charge on any atom is -0.353 e. The van der Waals surface area contributed by atoms with Crippen LogP contribution in [-0.4, -0.2) is 36.1 Å². The maximum atomic E-state index is 12.4. The maximum Gasteiger partial charge on any atom is 0.251 e. The Balaban J connectivity index is 1.67. The highest BCUT2D eigenvalue weighted by molar-refractivity contribution is 5.94. The largest absolute Gasteiger partial charge is 0.353 e. The summed E-state index contributed by atoms with van der Waals surface area (Å²) in [4.78, 5) is 19.1. The maximum absolute atomic E-state index is 12.4. The van der Waals surface area contributed by atoms with E-state index in [2.05, 4.69) is 34.4 Å². The molecule has 1 aliphatic heterocycles. The first-order valence-electron chi connectivity index (χ1n) is 8.41. The van der Waals surface area contributed by atoms with Crippen LogP contribution in [0.1, 0.15) is 29.8 Å². The third-order valence-corrected chi connectivity index (χ3v) is 4.19. The lowest BCUT2D eigenvalue weighted by Crippen LogP contribution is -2.54. The molecule has 5 nitrogen and oxygen atoms in total. The zero-order chi connectivity index (χ0) is 16.9. The van der Waals surface area contributed by atoms with Crippen LogP contribution in [0.3, 0.4) is 0 Å². The average Bonchev–Trinajstić information content (AvgIpc) is 2.60. The molecule has 2 heterocycles. The molecule has 24 heavy (non-hydrogen) atoms. The summed E-state index contributed by atoms with van der Waals surface area (Å²) in [6.07, 6.45) is 1.71. The molecule has 1 aromatic carbocycles. The number of nitrogens with zero attached hydrogens (tertiary/aromatic N) is 2. The molecule has 3 rings (SSSR count). The number of benzene rings is 1. The number of anilines is 1. The first kappa shape index (κ1) is 16.5. The summed E-state index contributed by atoms with van der Waals surface area (Å²) in [5, 5.41) is 6.47. The smallest absolute Gasteiger partial charge is 0.251 e. The number of pyridine rings is 1. The van der Waals surface area contributed by atoms with E-state index in [4.69, 9.17) is 0 Å². The number of hydrogen-bond acceptors (Lipinski definition) is 4. The number of rotatable bonds is 4. The van der Waals surface area contributed by atoms with Gasteiger partial charge in [-0.15, -0.1) is 0 Å². The summed E-state index contributed by atoms with van der Waals surface area (Å²) < 4.78 is 0. The van der Waals surface area contributed by atoms with Gasteiger partial charge in [0.1, 0.15) is 5.82 Å². The van der Waals surface area contributed by atoms with E-state index in [1.807, 2.05) is 36.4 Å². The zero-order valence-corrected chi connectivity index (χ0v) is 14.2. The Morgan fingerprint density at radius 3 is 2.62 bits per heavy atom. The predicted octanol–water partition coefficient (Wildman–Crippen LogP) is 2.20. The van der Waals surface area contributed by atoms with E-state index >= 15 is 0 Å². The molecule has 2 atom stereocenters. The van der Waals surface area contributed by atoms with Crippen LogP contribution in [0.4, 0.5) is 5.82 Å². The number of aromatic nitrogens is 1. The molecule has 2 aromatic rings. The summed E-state index contributed by atoms with van der Waals surface area (Å²) in [6, 6.07) is 14.4. The number of piperazine rings is 1. The Hall–Kier alpha value is -2.40. The first-order valence-corrected chi connectivity index (χ1v) is 8.41. The fourth-order valence-electron chi connectivity index (χ4n) is 3.13. The van der Waals surface area contributed by atoms with Crippen molar-refractivity contribution in [1.82, 2.24) is 15.6 Å². The van der Waals surface area contributed by atoms with Gasteiger partial charge in [-0.3, -0.25) is 4.79 Å². The Kier molecular flexibility index (Phi) is 5.11. The predicted molar refractivity (Wildman–Crippen MR) is 96.1 cm³/mol. The fourth-order valence-corrected chi connectivity index (χ4v) is 3.13. The standard InChI is InChI=1S/C19H24N4O/c1-14-12-23(13-15(2)22-14)18-10-17(8-9-20-18)19(24)21-11-16-6-4-3-5-7-16/h3-10,14-15,22H,11-13H2,1-2H3,(H,21,24)/t14-,15+. The summed E-state index contributed by atoms with van der Waals surface area (Å²) in [7, 11) is 0. The van der Waals surface area contributed by atoms with Crippen molar-refractivity contribution in [2.45, 2.75) is 32.5 Å². The van der Waals surface area contributed by atoms with Crippen LogP contribution in [0.25, 0.3) is 0 Å². The lowest BCUT2D eigenvalue weighted by atomic mass is 10.1. The normalized spacial score (nSPS) is 20.7. The first-order chi connectivity index (χ1) is 11.6. The molecule has 0 bridgehead atoms. The molecule has 5 heteroatoms. The molecule has 0 unspecified atom stereocenters. The third-order valence-electron chi connectivity index (χ3n) is 4.19. The van der Waals surface area contributed by atoms with E-state index in [0.717, 1.165) is 24.5 Å². The van der Waals surface area contributed by atoms with Crippen molar-refractivity contribution in [3.05, 3.63) is 59.8 Å². The minimum atomic E-state index is -0.0706. The highest BCUT2D eigenvalue weighted by Crippen LogP contribution is 2.16. The van der Waals surface area contributed by atoms with Gasteiger partial charge >= 0.3 is 0 Å². The Labute approximate surface area is 143 Å². The molecular weight excluding hydrogens is 300 g/mol. The van der Waals surface area contributed by atoms with Gasteiger partial charge in [-0.05, 0) is 31.5 Å². The molecule has 0 spiro atoms. The summed E-state index contributed by atoms with van der Waals surface area (Å²) >= 11 is 0. The molecule has 1 saturated heterocycles. The monoisotopic (exact) mass is 324 g/mol. The van der Waals surface area contributed by atoms with Gasteiger partial charge in [0.15, 0.2) is 0 Å². The minimum absolute atomic E-state index is 0.0706. The number of hydrogen-bond donors (Lipinski definition) is 2. The second-order valence-corrected chi connectivity index (χ2v) is 6.44. The van der Waals surface area contributed by atoms with Crippen LogP contribution in [-0.2, 0) is 6.54 Å². The SMILES string of the molecule is C[C@@H]1CN(c2cc(C(=O)NCc3ccccc3)ccn2)C[C@H](C)N1. The van der Waals surface area contributed by atoms with Gasteiger partial charge in [0.2, 0.25) is 0 Å². The molecule has 0 radical (unpaired) electrons. The molecule has 1 aliphatic rings. The highest BCUT2D eigenvalue weighted by Gasteiger charge is 2.22. The third kappa shape index (κ3) is 4.11. The lowest BCUT2D eigenvalue weighted by molar-refractivity contribution is 0.0951. The van der Waals surface area contributed by atoms with Crippen molar-refractivity contribution < 1.29 is 4.79 Å². The van der Waals surface area contributed by atoms with E-state index in [1.54, 1.807) is 12.3 Å². The Morgan fingerprint density at radius 2 is 1.92 bits per heavy atom. The molecule has 1 fully saturated rings. The van der Waals surface area contributed by atoms with E-state index in [9.17, 15) is 4.79 Å². The number of carbonyl (C=O) groups is 1. The van der Waals surface area contributed by atoms with Gasteiger partial charge in [0.05, 0.1) is 0 Å². The molecule has 0 saturated carbocycles. The molecule has 1 amide bonds. The zero-order valence-electron chi connectivity index (χ0n) is 14.2. The van der Waals surface area contributed by atoms with Crippen LogP contribution in [0, 0.1) is 0 Å². The van der Waals surface area contributed by atoms with Crippen LogP contribution in [0.15, 0.2) is 48.7 Å². The van der Waals surface area contributed by atoms with Gasteiger partial charge in [0.25, 0.3) is 5.91 Å². The molecule has 0 aliphatic carbocycles. The summed E-state index contributed by atoms with van der Waals surface area (Å²) in [6.45, 7) is 6.65. The van der Waals surface area contributed by atoms with E-state index < -0.39 is 0 Å². The quantitative estimate of drug-likeness (QED) is 0.905. The molecule has 2 N–H and O–H groups in total. The van der Waals surface area contributed by atoms with Crippen molar-refractivity contribution in [2.24, 2.45) is 0 Å². The van der Waals surface area contributed by atoms with Crippen LogP contribution in [0.2, 0.25) is 0 Å². The Morgan fingerprint density at radius 1 is 1.21 bits per heavy atom. The summed E-state index contributed by atoms with van der Waals surface area (Å²) in [5.74, 6) is 0.793. The van der Waals surface area contributed by atoms with Gasteiger partial charge < -0.3 is 15.5 Å². The van der Waals surface area contributed by atoms with Crippen LogP contribution >= 0.6 is 0 Å². The van der Waals surface area contributed by atoms with Gasteiger partial charge in [-0.2, -0.15) is 0 Å². The van der Waals surface area contributed by atoms with Gasteiger partial charge in [-0.25, -0.2) is 4.98 Å². The van der Waals surface area contributed by atoms with Gasteiger partial charge in [-0.1, -0.05) is 30.3 Å². The van der Waals surface area contributed by atoms with Gasteiger partial charge in [0, 0.05) is 43.5 Å². The highest BCUT2D eigenvalue weighted by atomic mass is 16.1. The second-order valence-electron chi connectivity index (χ2n) is 6.44. The average molecular weight is 324 g/mol. The van der Waals surface area contributed by atoms with Crippen LogP contribution in [0.5, 0.6) is 0 Å². The van der Waals surface area contributed by atoms with E-state index in [1.165, 1.54) is 0 Å². The summed E-state index contributed by atoms with van der Waals surface area (Å²) in [5.41, 5.74) is 1.74. The molecule has 1 aromatic heterocycles. The topological polar surface area (TPSA) is 57.3 Å². The van der Waals surface area contributed by atoms with Crippen LogP contribution < -0.4 is 15.5 Å². The number of carbonyl (C=O) groups excluding carboxylic acids is 1. The van der Waals surface area contributed by atoms with Crippen molar-refractivity contribution in [3.8, 4) is 0 Å². The molecule has 126 valence electrons. The lowest BCUT2D eigenvalue weighted by Gasteiger charge is -2.37. The number of nitrogens with one attached hydrogen (secondary N) is 2. The second kappa shape index (κ2) is 7.45. The van der Waals surface area contributed by atoms with Crippen molar-refractivity contribution in [1.29, 1.82) is 0 Å². The Bertz CT molecular complexity index is 679. The molecular formula is C19H24N4O. The fraction of sp³-hybridized carbons (Fsp3) is 0.368.